The lowest BCUT2D eigenvalue weighted by Crippen LogP contribution is -2.43. The van der Waals surface area contributed by atoms with E-state index >= 15 is 0 Å². The molecule has 2 saturated carbocycles. The molecule has 136 valence electrons. The fourth-order valence-electron chi connectivity index (χ4n) is 4.48. The van der Waals surface area contributed by atoms with Gasteiger partial charge in [0.2, 0.25) is 5.91 Å². The Morgan fingerprint density at radius 2 is 1.92 bits per heavy atom. The van der Waals surface area contributed by atoms with E-state index in [9.17, 15) is 4.79 Å². The Hall–Kier alpha value is -1.26. The van der Waals surface area contributed by atoms with Crippen LogP contribution >= 0.6 is 0 Å². The third kappa shape index (κ3) is 4.22. The molecule has 0 bridgehead atoms. The van der Waals surface area contributed by atoms with Crippen LogP contribution in [0, 0.1) is 11.3 Å². The molecular weight excluding hydrogens is 300 g/mol. The van der Waals surface area contributed by atoms with Gasteiger partial charge in [0.15, 0.2) is 5.96 Å². The lowest BCUT2D eigenvalue weighted by Gasteiger charge is -2.38. The maximum Gasteiger partial charge on any atom is 0.223 e. The Morgan fingerprint density at radius 1 is 1.12 bits per heavy atom. The average molecular weight is 335 g/mol. The third-order valence-corrected chi connectivity index (χ3v) is 6.14. The van der Waals surface area contributed by atoms with Gasteiger partial charge in [-0.1, -0.05) is 25.7 Å². The maximum atomic E-state index is 12.2. The molecule has 5 heteroatoms. The molecule has 24 heavy (non-hydrogen) atoms. The minimum Gasteiger partial charge on any atom is -0.357 e. The summed E-state index contributed by atoms with van der Waals surface area (Å²) < 4.78 is 0. The summed E-state index contributed by atoms with van der Waals surface area (Å²) in [5.74, 6) is 1.52. The maximum absolute atomic E-state index is 12.2. The van der Waals surface area contributed by atoms with Crippen LogP contribution in [0.25, 0.3) is 0 Å². The standard InChI is InChI=1S/C19H34N4O/c1-2-20-18(23-14-11-19(15-23)9-6-10-19)22-13-12-21-17(24)16-7-4-3-5-8-16/h16H,2-15H2,1H3,(H,20,22)(H,21,24). The van der Waals surface area contributed by atoms with Gasteiger partial charge >= 0.3 is 0 Å². The quantitative estimate of drug-likeness (QED) is 0.461. The summed E-state index contributed by atoms with van der Waals surface area (Å²) in [6.07, 6.45) is 11.3. The van der Waals surface area contributed by atoms with Crippen LogP contribution in [0.1, 0.15) is 64.7 Å². The Balaban J connectivity index is 1.43. The Labute approximate surface area is 146 Å². The van der Waals surface area contributed by atoms with Crippen molar-refractivity contribution in [2.45, 2.75) is 64.7 Å². The molecule has 3 aliphatic rings. The van der Waals surface area contributed by atoms with Crippen molar-refractivity contribution in [1.29, 1.82) is 0 Å². The average Bonchev–Trinajstić information content (AvgIpc) is 3.04. The SMILES string of the molecule is CCNC(=NCCNC(=O)C1CCCCC1)N1CCC2(CCC2)C1. The molecule has 5 nitrogen and oxygen atoms in total. The molecule has 0 atom stereocenters. The number of guanidine groups is 1. The van der Waals surface area contributed by atoms with Crippen LogP contribution in [-0.4, -0.2) is 49.5 Å². The van der Waals surface area contributed by atoms with Crippen LogP contribution < -0.4 is 10.6 Å². The molecule has 0 aromatic carbocycles. The molecule has 1 heterocycles. The van der Waals surface area contributed by atoms with Crippen molar-refractivity contribution < 1.29 is 4.79 Å². The zero-order chi connectivity index (χ0) is 16.8. The number of nitrogens with one attached hydrogen (secondary N) is 2. The van der Waals surface area contributed by atoms with E-state index in [0.717, 1.165) is 38.4 Å². The summed E-state index contributed by atoms with van der Waals surface area (Å²) in [6, 6.07) is 0. The molecule has 1 aliphatic heterocycles. The van der Waals surface area contributed by atoms with Gasteiger partial charge in [0, 0.05) is 32.1 Å². The van der Waals surface area contributed by atoms with Crippen molar-refractivity contribution >= 4 is 11.9 Å². The zero-order valence-electron chi connectivity index (χ0n) is 15.3. The van der Waals surface area contributed by atoms with Crippen molar-refractivity contribution in [2.75, 3.05) is 32.7 Å². The molecule has 1 spiro atoms. The zero-order valence-corrected chi connectivity index (χ0v) is 15.3. The van der Waals surface area contributed by atoms with Gasteiger partial charge in [-0.3, -0.25) is 9.79 Å². The molecule has 2 aliphatic carbocycles. The molecule has 0 radical (unpaired) electrons. The second-order valence-electron chi connectivity index (χ2n) is 7.89. The number of carbonyl (C=O) groups excluding carboxylic acids is 1. The molecule has 3 fully saturated rings. The van der Waals surface area contributed by atoms with Crippen LogP contribution in [0.2, 0.25) is 0 Å². The van der Waals surface area contributed by atoms with Crippen LogP contribution in [0.15, 0.2) is 4.99 Å². The van der Waals surface area contributed by atoms with Crippen LogP contribution in [-0.2, 0) is 4.79 Å². The van der Waals surface area contributed by atoms with Gasteiger partial charge in [-0.25, -0.2) is 0 Å². The highest BCUT2D eigenvalue weighted by molar-refractivity contribution is 5.80. The first kappa shape index (κ1) is 17.6. The van der Waals surface area contributed by atoms with E-state index in [-0.39, 0.29) is 11.8 Å². The smallest absolute Gasteiger partial charge is 0.223 e. The van der Waals surface area contributed by atoms with Crippen molar-refractivity contribution in [2.24, 2.45) is 16.3 Å². The first-order valence-corrected chi connectivity index (χ1v) is 10.0. The van der Waals surface area contributed by atoms with Crippen LogP contribution in [0.4, 0.5) is 0 Å². The van der Waals surface area contributed by atoms with Gasteiger partial charge in [0.1, 0.15) is 0 Å². The predicted molar refractivity (Wildman–Crippen MR) is 98.0 cm³/mol. The largest absolute Gasteiger partial charge is 0.357 e. The monoisotopic (exact) mass is 334 g/mol. The lowest BCUT2D eigenvalue weighted by molar-refractivity contribution is -0.125. The summed E-state index contributed by atoms with van der Waals surface area (Å²) in [6.45, 7) is 6.63. The van der Waals surface area contributed by atoms with Crippen molar-refractivity contribution in [3.8, 4) is 0 Å². The van der Waals surface area contributed by atoms with E-state index in [4.69, 9.17) is 4.99 Å². The third-order valence-electron chi connectivity index (χ3n) is 6.14. The van der Waals surface area contributed by atoms with Gasteiger partial charge in [0.25, 0.3) is 0 Å². The summed E-state index contributed by atoms with van der Waals surface area (Å²) >= 11 is 0. The van der Waals surface area contributed by atoms with E-state index in [1.54, 1.807) is 0 Å². The van der Waals surface area contributed by atoms with Gasteiger partial charge in [-0.15, -0.1) is 0 Å². The minimum atomic E-state index is 0.240. The number of rotatable bonds is 5. The fourth-order valence-corrected chi connectivity index (χ4v) is 4.48. The van der Waals surface area contributed by atoms with Gasteiger partial charge in [-0.2, -0.15) is 0 Å². The Kier molecular flexibility index (Phi) is 6.01. The second-order valence-corrected chi connectivity index (χ2v) is 7.89. The summed E-state index contributed by atoms with van der Waals surface area (Å²) in [5.41, 5.74) is 0.589. The highest BCUT2D eigenvalue weighted by Crippen LogP contribution is 2.47. The van der Waals surface area contributed by atoms with Crippen LogP contribution in [0.5, 0.6) is 0 Å². The normalized spacial score (nSPS) is 24.0. The highest BCUT2D eigenvalue weighted by atomic mass is 16.1. The fraction of sp³-hybridized carbons (Fsp3) is 0.895. The van der Waals surface area contributed by atoms with E-state index in [0.29, 0.717) is 18.5 Å². The molecule has 2 N–H and O–H groups in total. The molecule has 1 saturated heterocycles. The molecule has 0 unspecified atom stereocenters. The molecule has 1 amide bonds. The first-order valence-electron chi connectivity index (χ1n) is 10.0. The number of amides is 1. The number of aliphatic imine (C=N–C) groups is 1. The lowest BCUT2D eigenvalue weighted by atomic mass is 9.68. The molecule has 0 aromatic heterocycles. The second kappa shape index (κ2) is 8.21. The van der Waals surface area contributed by atoms with Gasteiger partial charge in [0.05, 0.1) is 6.54 Å². The van der Waals surface area contributed by atoms with Gasteiger partial charge in [-0.05, 0) is 44.4 Å². The molecule has 3 rings (SSSR count). The first-order chi connectivity index (χ1) is 11.7. The topological polar surface area (TPSA) is 56.7 Å². The van der Waals surface area contributed by atoms with E-state index < -0.39 is 0 Å². The summed E-state index contributed by atoms with van der Waals surface area (Å²) in [5, 5.41) is 6.51. The minimum absolute atomic E-state index is 0.240. The number of hydrogen-bond acceptors (Lipinski definition) is 2. The molecular formula is C19H34N4O. The van der Waals surface area contributed by atoms with Gasteiger partial charge < -0.3 is 15.5 Å². The summed E-state index contributed by atoms with van der Waals surface area (Å²) in [7, 11) is 0. The Morgan fingerprint density at radius 3 is 2.54 bits per heavy atom. The number of nitrogens with zero attached hydrogens (tertiary/aromatic N) is 2. The number of carbonyl (C=O) groups is 1. The van der Waals surface area contributed by atoms with Crippen molar-refractivity contribution in [3.63, 3.8) is 0 Å². The van der Waals surface area contributed by atoms with Crippen molar-refractivity contribution in [1.82, 2.24) is 15.5 Å². The van der Waals surface area contributed by atoms with Crippen LogP contribution in [0.3, 0.4) is 0 Å². The number of likely N-dealkylation sites (tertiary alicyclic amines) is 1. The molecule has 0 aromatic rings. The van der Waals surface area contributed by atoms with E-state index in [1.807, 2.05) is 0 Å². The summed E-state index contributed by atoms with van der Waals surface area (Å²) in [4.78, 5) is 19.3. The Bertz CT molecular complexity index is 452. The van der Waals surface area contributed by atoms with E-state index in [2.05, 4.69) is 22.5 Å². The van der Waals surface area contributed by atoms with Crippen molar-refractivity contribution in [3.05, 3.63) is 0 Å². The van der Waals surface area contributed by atoms with E-state index in [1.165, 1.54) is 44.9 Å². The predicted octanol–water partition coefficient (Wildman–Crippen LogP) is 2.52. The number of hydrogen-bond donors (Lipinski definition) is 2. The highest BCUT2D eigenvalue weighted by Gasteiger charge is 2.43.